The molecular weight excluding hydrogens is 302 g/mol. The number of hydrogen-bond acceptors (Lipinski definition) is 2. The fourth-order valence-corrected chi connectivity index (χ4v) is 2.55. The van der Waals surface area contributed by atoms with E-state index in [1.165, 1.54) is 18.2 Å². The molecule has 2 rings (SSSR count). The van der Waals surface area contributed by atoms with Crippen molar-refractivity contribution in [2.24, 2.45) is 5.41 Å². The van der Waals surface area contributed by atoms with E-state index in [1.807, 2.05) is 0 Å². The standard InChI is InChI=1S/C14H18ClFN2O.ClH/c1-14(5-7-17-8-6-14)9-18-13(19)12-10(15)3-2-4-11(12)16;/h2-4,17H,5-9H2,1H3,(H,18,19);1H. The highest BCUT2D eigenvalue weighted by Crippen LogP contribution is 2.27. The highest BCUT2D eigenvalue weighted by Gasteiger charge is 2.27. The maximum atomic E-state index is 13.6. The first-order valence-corrected chi connectivity index (χ1v) is 6.83. The molecule has 6 heteroatoms. The summed E-state index contributed by atoms with van der Waals surface area (Å²) in [6.07, 6.45) is 2.00. The predicted molar refractivity (Wildman–Crippen MR) is 81.2 cm³/mol. The molecule has 0 atom stereocenters. The summed E-state index contributed by atoms with van der Waals surface area (Å²) in [6, 6.07) is 4.25. The zero-order valence-electron chi connectivity index (χ0n) is 11.3. The van der Waals surface area contributed by atoms with E-state index >= 15 is 0 Å². The van der Waals surface area contributed by atoms with Gasteiger partial charge in [0.2, 0.25) is 0 Å². The van der Waals surface area contributed by atoms with Crippen LogP contribution in [0.25, 0.3) is 0 Å². The minimum Gasteiger partial charge on any atom is -0.351 e. The second-order valence-corrected chi connectivity index (χ2v) is 5.75. The Morgan fingerprint density at radius 3 is 2.70 bits per heavy atom. The lowest BCUT2D eigenvalue weighted by Crippen LogP contribution is -2.43. The zero-order valence-corrected chi connectivity index (χ0v) is 12.9. The number of carbonyl (C=O) groups is 1. The van der Waals surface area contributed by atoms with Gasteiger partial charge >= 0.3 is 0 Å². The highest BCUT2D eigenvalue weighted by atomic mass is 35.5. The third-order valence-corrected chi connectivity index (χ3v) is 3.99. The average molecular weight is 321 g/mol. The van der Waals surface area contributed by atoms with Crippen LogP contribution in [0.3, 0.4) is 0 Å². The largest absolute Gasteiger partial charge is 0.351 e. The van der Waals surface area contributed by atoms with Crippen molar-refractivity contribution >= 4 is 29.9 Å². The first-order chi connectivity index (χ1) is 9.02. The zero-order chi connectivity index (χ0) is 13.9. The fraction of sp³-hybridized carbons (Fsp3) is 0.500. The Morgan fingerprint density at radius 2 is 2.10 bits per heavy atom. The third-order valence-electron chi connectivity index (χ3n) is 3.68. The van der Waals surface area contributed by atoms with Crippen molar-refractivity contribution < 1.29 is 9.18 Å². The van der Waals surface area contributed by atoms with Crippen molar-refractivity contribution in [3.8, 4) is 0 Å². The Labute approximate surface area is 129 Å². The highest BCUT2D eigenvalue weighted by molar-refractivity contribution is 6.33. The van der Waals surface area contributed by atoms with E-state index in [0.29, 0.717) is 6.54 Å². The van der Waals surface area contributed by atoms with Gasteiger partial charge in [-0.3, -0.25) is 4.79 Å². The van der Waals surface area contributed by atoms with E-state index in [2.05, 4.69) is 17.6 Å². The summed E-state index contributed by atoms with van der Waals surface area (Å²) in [5, 5.41) is 6.23. The van der Waals surface area contributed by atoms with E-state index in [9.17, 15) is 9.18 Å². The van der Waals surface area contributed by atoms with Gasteiger partial charge in [-0.1, -0.05) is 24.6 Å². The van der Waals surface area contributed by atoms with Gasteiger partial charge in [-0.2, -0.15) is 0 Å². The number of nitrogens with one attached hydrogen (secondary N) is 2. The summed E-state index contributed by atoms with van der Waals surface area (Å²) in [4.78, 5) is 12.0. The Kier molecular flexibility index (Phi) is 6.24. The second kappa shape index (κ2) is 7.25. The molecule has 1 aliphatic rings. The van der Waals surface area contributed by atoms with Gasteiger partial charge in [-0.25, -0.2) is 4.39 Å². The van der Waals surface area contributed by atoms with Gasteiger partial charge in [-0.15, -0.1) is 12.4 Å². The molecule has 0 bridgehead atoms. The molecule has 0 saturated carbocycles. The van der Waals surface area contributed by atoms with Crippen LogP contribution in [0.4, 0.5) is 4.39 Å². The van der Waals surface area contributed by atoms with Crippen LogP contribution < -0.4 is 10.6 Å². The molecule has 0 aromatic heterocycles. The average Bonchev–Trinajstić information content (AvgIpc) is 2.37. The van der Waals surface area contributed by atoms with Gasteiger partial charge in [0.05, 0.1) is 10.6 Å². The monoisotopic (exact) mass is 320 g/mol. The maximum absolute atomic E-state index is 13.6. The summed E-state index contributed by atoms with van der Waals surface area (Å²) in [5.41, 5.74) is 0.000229. The molecule has 0 radical (unpaired) electrons. The lowest BCUT2D eigenvalue weighted by Gasteiger charge is -2.34. The Hall–Kier alpha value is -0.840. The summed E-state index contributed by atoms with van der Waals surface area (Å²) >= 11 is 5.87. The number of benzene rings is 1. The van der Waals surface area contributed by atoms with Crippen molar-refractivity contribution in [1.82, 2.24) is 10.6 Å². The fourth-order valence-electron chi connectivity index (χ4n) is 2.30. The molecule has 1 amide bonds. The topological polar surface area (TPSA) is 41.1 Å². The van der Waals surface area contributed by atoms with Crippen LogP contribution in [0, 0.1) is 11.2 Å². The summed E-state index contributed by atoms with van der Waals surface area (Å²) in [7, 11) is 0. The lowest BCUT2D eigenvalue weighted by molar-refractivity contribution is 0.0918. The molecule has 0 unspecified atom stereocenters. The quantitative estimate of drug-likeness (QED) is 0.898. The second-order valence-electron chi connectivity index (χ2n) is 5.34. The normalized spacial score (nSPS) is 17.1. The summed E-state index contributed by atoms with van der Waals surface area (Å²) < 4.78 is 13.6. The predicted octanol–water partition coefficient (Wildman–Crippen LogP) is 3.02. The van der Waals surface area contributed by atoms with E-state index in [1.54, 1.807) is 0 Å². The van der Waals surface area contributed by atoms with Crippen molar-refractivity contribution in [2.75, 3.05) is 19.6 Å². The first-order valence-electron chi connectivity index (χ1n) is 6.45. The SMILES string of the molecule is CC1(CNC(=O)c2c(F)cccc2Cl)CCNCC1.Cl. The molecular formula is C14H19Cl2FN2O. The van der Waals surface area contributed by atoms with Gasteiger partial charge in [0.1, 0.15) is 5.82 Å². The molecule has 1 saturated heterocycles. The molecule has 20 heavy (non-hydrogen) atoms. The van der Waals surface area contributed by atoms with E-state index in [-0.39, 0.29) is 28.4 Å². The Morgan fingerprint density at radius 1 is 1.45 bits per heavy atom. The van der Waals surface area contributed by atoms with Crippen LogP contribution in [0.2, 0.25) is 5.02 Å². The van der Waals surface area contributed by atoms with Crippen LogP contribution >= 0.6 is 24.0 Å². The summed E-state index contributed by atoms with van der Waals surface area (Å²) in [6.45, 7) is 4.58. The number of halogens is 3. The van der Waals surface area contributed by atoms with E-state index < -0.39 is 11.7 Å². The molecule has 2 N–H and O–H groups in total. The molecule has 1 aromatic carbocycles. The van der Waals surface area contributed by atoms with E-state index in [0.717, 1.165) is 25.9 Å². The smallest absolute Gasteiger partial charge is 0.255 e. The van der Waals surface area contributed by atoms with Gasteiger partial charge < -0.3 is 10.6 Å². The van der Waals surface area contributed by atoms with Crippen LogP contribution in [0.1, 0.15) is 30.1 Å². The van der Waals surface area contributed by atoms with Crippen LogP contribution in [-0.4, -0.2) is 25.5 Å². The number of rotatable bonds is 3. The van der Waals surface area contributed by atoms with Crippen LogP contribution in [0.5, 0.6) is 0 Å². The summed E-state index contributed by atoms with van der Waals surface area (Å²) in [5.74, 6) is -1.02. The lowest BCUT2D eigenvalue weighted by atomic mass is 9.81. The van der Waals surface area contributed by atoms with Gasteiger partial charge in [0, 0.05) is 6.54 Å². The molecule has 0 spiro atoms. The molecule has 112 valence electrons. The van der Waals surface area contributed by atoms with Crippen molar-refractivity contribution in [2.45, 2.75) is 19.8 Å². The minimum atomic E-state index is -0.583. The van der Waals surface area contributed by atoms with Crippen molar-refractivity contribution in [3.05, 3.63) is 34.6 Å². The van der Waals surface area contributed by atoms with Crippen LogP contribution in [0.15, 0.2) is 18.2 Å². The molecule has 1 heterocycles. The molecule has 1 aromatic rings. The van der Waals surface area contributed by atoms with Crippen LogP contribution in [-0.2, 0) is 0 Å². The van der Waals surface area contributed by atoms with Gasteiger partial charge in [-0.05, 0) is 43.5 Å². The number of carbonyl (C=O) groups excluding carboxylic acids is 1. The Bertz CT molecular complexity index is 456. The van der Waals surface area contributed by atoms with Gasteiger partial charge in [0.25, 0.3) is 5.91 Å². The first kappa shape index (κ1) is 17.2. The van der Waals surface area contributed by atoms with Gasteiger partial charge in [0.15, 0.2) is 0 Å². The number of hydrogen-bond donors (Lipinski definition) is 2. The molecule has 3 nitrogen and oxygen atoms in total. The third kappa shape index (κ3) is 4.08. The maximum Gasteiger partial charge on any atom is 0.255 e. The minimum absolute atomic E-state index is 0. The molecule has 1 aliphatic heterocycles. The Balaban J connectivity index is 0.00000200. The van der Waals surface area contributed by atoms with Crippen molar-refractivity contribution in [3.63, 3.8) is 0 Å². The van der Waals surface area contributed by atoms with E-state index in [4.69, 9.17) is 11.6 Å². The molecule has 1 fully saturated rings. The molecule has 0 aliphatic carbocycles. The van der Waals surface area contributed by atoms with Crippen molar-refractivity contribution in [1.29, 1.82) is 0 Å². The number of amides is 1. The number of piperidine rings is 1.